The Morgan fingerprint density at radius 3 is 2.62 bits per heavy atom. The van der Waals surface area contributed by atoms with Gasteiger partial charge in [-0.25, -0.2) is 0 Å². The number of nitro benzene ring substituents is 1. The van der Waals surface area contributed by atoms with Crippen LogP contribution in [0.15, 0.2) is 60.7 Å². The van der Waals surface area contributed by atoms with E-state index in [4.69, 9.17) is 5.73 Å². The van der Waals surface area contributed by atoms with Crippen molar-refractivity contribution in [2.75, 3.05) is 16.0 Å². The maximum Gasteiger partial charge on any atom is 0.269 e. The molecule has 0 saturated carbocycles. The lowest BCUT2D eigenvalue weighted by Gasteiger charge is -2.38. The van der Waals surface area contributed by atoms with E-state index in [1.54, 1.807) is 36.1 Å². The number of nitrogens with zero attached hydrogens (tertiary/aromatic N) is 4. The number of non-ortho nitro benzene ring substituents is 1. The molecule has 2 heterocycles. The molecule has 4 rings (SSSR count). The molecule has 0 saturated heterocycles. The number of anilines is 5. The van der Waals surface area contributed by atoms with E-state index >= 15 is 0 Å². The fourth-order valence-electron chi connectivity index (χ4n) is 3.14. The Balaban J connectivity index is 1.71. The van der Waals surface area contributed by atoms with E-state index in [0.717, 1.165) is 11.3 Å². The maximum atomic E-state index is 10.9. The van der Waals surface area contributed by atoms with Gasteiger partial charge in [0.15, 0.2) is 5.72 Å². The van der Waals surface area contributed by atoms with Gasteiger partial charge in [-0.3, -0.25) is 15.0 Å². The highest BCUT2D eigenvalue weighted by Crippen LogP contribution is 2.38. The third-order valence-electron chi connectivity index (χ3n) is 4.49. The van der Waals surface area contributed by atoms with E-state index in [-0.39, 0.29) is 17.5 Å². The smallest absolute Gasteiger partial charge is 0.269 e. The van der Waals surface area contributed by atoms with Crippen LogP contribution in [0.3, 0.4) is 0 Å². The molecule has 1 aliphatic heterocycles. The quantitative estimate of drug-likeness (QED) is 0.455. The Hall–Kier alpha value is -3.98. The molecule has 0 aliphatic carbocycles. The number of aromatic nitrogens is 2. The molecule has 0 radical (unpaired) electrons. The van der Waals surface area contributed by atoms with Gasteiger partial charge in [0.1, 0.15) is 11.6 Å². The number of rotatable bonds is 4. The summed E-state index contributed by atoms with van der Waals surface area (Å²) >= 11 is 0. The summed E-state index contributed by atoms with van der Waals surface area (Å²) in [5, 5.41) is 24.8. The monoisotopic (exact) mass is 390 g/mol. The SMILES string of the molecule is CC1(O)C=Cc2ccccc2N1c1nc(N)cc(Nc2ccc([N+](=O)[O-])cc2)n1. The maximum absolute atomic E-state index is 10.9. The summed E-state index contributed by atoms with van der Waals surface area (Å²) in [6.07, 6.45) is 3.50. The Kier molecular flexibility index (Phi) is 4.36. The van der Waals surface area contributed by atoms with Crippen LogP contribution in [-0.2, 0) is 0 Å². The number of nitro groups is 1. The molecule has 1 atom stereocenters. The number of hydrogen-bond acceptors (Lipinski definition) is 8. The van der Waals surface area contributed by atoms with E-state index in [9.17, 15) is 15.2 Å². The predicted octanol–water partition coefficient (Wildman–Crippen LogP) is 3.58. The van der Waals surface area contributed by atoms with Crippen molar-refractivity contribution in [3.8, 4) is 0 Å². The van der Waals surface area contributed by atoms with E-state index < -0.39 is 10.6 Å². The highest BCUT2D eigenvalue weighted by Gasteiger charge is 2.34. The van der Waals surface area contributed by atoms with E-state index in [1.165, 1.54) is 12.1 Å². The summed E-state index contributed by atoms with van der Waals surface area (Å²) in [6.45, 7) is 1.63. The Morgan fingerprint density at radius 2 is 1.90 bits per heavy atom. The second-order valence-corrected chi connectivity index (χ2v) is 6.73. The number of fused-ring (bicyclic) bond motifs is 1. The summed E-state index contributed by atoms with van der Waals surface area (Å²) in [6, 6.07) is 15.0. The molecule has 146 valence electrons. The average molecular weight is 390 g/mol. The number of nitrogen functional groups attached to an aromatic ring is 1. The first-order valence-electron chi connectivity index (χ1n) is 8.80. The molecule has 9 heteroatoms. The van der Waals surface area contributed by atoms with E-state index in [2.05, 4.69) is 15.3 Å². The highest BCUT2D eigenvalue weighted by molar-refractivity contribution is 5.78. The predicted molar refractivity (Wildman–Crippen MR) is 111 cm³/mol. The number of aliphatic hydroxyl groups is 1. The first-order valence-corrected chi connectivity index (χ1v) is 8.80. The number of hydrogen-bond donors (Lipinski definition) is 3. The van der Waals surface area contributed by atoms with E-state index in [0.29, 0.717) is 11.5 Å². The van der Waals surface area contributed by atoms with Gasteiger partial charge in [-0.2, -0.15) is 9.97 Å². The van der Waals surface area contributed by atoms with Crippen LogP contribution in [0.1, 0.15) is 12.5 Å². The fraction of sp³-hybridized carbons (Fsp3) is 0.100. The Morgan fingerprint density at radius 1 is 1.17 bits per heavy atom. The van der Waals surface area contributed by atoms with E-state index in [1.807, 2.05) is 30.3 Å². The van der Waals surface area contributed by atoms with Gasteiger partial charge in [0.25, 0.3) is 5.69 Å². The van der Waals surface area contributed by atoms with Crippen molar-refractivity contribution in [2.45, 2.75) is 12.6 Å². The molecule has 4 N–H and O–H groups in total. The molecule has 1 aliphatic rings. The normalized spacial score (nSPS) is 17.7. The molecule has 1 unspecified atom stereocenters. The minimum absolute atomic E-state index is 0.00815. The third-order valence-corrected chi connectivity index (χ3v) is 4.49. The minimum atomic E-state index is -1.35. The van der Waals surface area contributed by atoms with Crippen LogP contribution in [0.25, 0.3) is 6.08 Å². The number of nitrogens with one attached hydrogen (secondary N) is 1. The van der Waals surface area contributed by atoms with Crippen LogP contribution in [0, 0.1) is 10.1 Å². The average Bonchev–Trinajstić information content (AvgIpc) is 2.67. The lowest BCUT2D eigenvalue weighted by Crippen LogP contribution is -2.44. The van der Waals surface area contributed by atoms with Crippen molar-refractivity contribution in [2.24, 2.45) is 0 Å². The lowest BCUT2D eigenvalue weighted by atomic mass is 10.0. The van der Waals surface area contributed by atoms with Gasteiger partial charge in [0, 0.05) is 23.9 Å². The first-order chi connectivity index (χ1) is 13.8. The van der Waals surface area contributed by atoms with Crippen molar-refractivity contribution in [1.82, 2.24) is 9.97 Å². The molecule has 0 amide bonds. The van der Waals surface area contributed by atoms with Gasteiger partial charge in [0.05, 0.1) is 10.6 Å². The van der Waals surface area contributed by atoms with Crippen LogP contribution in [-0.4, -0.2) is 25.7 Å². The van der Waals surface area contributed by atoms with Crippen molar-refractivity contribution < 1.29 is 10.0 Å². The fourth-order valence-corrected chi connectivity index (χ4v) is 3.14. The zero-order chi connectivity index (χ0) is 20.6. The van der Waals surface area contributed by atoms with Crippen LogP contribution < -0.4 is 16.0 Å². The van der Waals surface area contributed by atoms with Crippen molar-refractivity contribution in [3.63, 3.8) is 0 Å². The molecule has 3 aromatic rings. The molecule has 2 aromatic carbocycles. The molecule has 9 nitrogen and oxygen atoms in total. The van der Waals surface area contributed by atoms with Gasteiger partial charge in [-0.05, 0) is 36.8 Å². The largest absolute Gasteiger partial charge is 0.383 e. The zero-order valence-electron chi connectivity index (χ0n) is 15.5. The second kappa shape index (κ2) is 6.88. The van der Waals surface area contributed by atoms with Crippen LogP contribution >= 0.6 is 0 Å². The lowest BCUT2D eigenvalue weighted by molar-refractivity contribution is -0.384. The van der Waals surface area contributed by atoms with Crippen LogP contribution in [0.4, 0.5) is 34.6 Å². The molecule has 0 spiro atoms. The Labute approximate surface area is 166 Å². The van der Waals surface area contributed by atoms with Gasteiger partial charge < -0.3 is 16.2 Å². The summed E-state index contributed by atoms with van der Waals surface area (Å²) in [5.41, 5.74) is 6.88. The molecular weight excluding hydrogens is 372 g/mol. The van der Waals surface area contributed by atoms with Gasteiger partial charge in [-0.15, -0.1) is 0 Å². The topological polar surface area (TPSA) is 130 Å². The molecule has 29 heavy (non-hydrogen) atoms. The standard InChI is InChI=1S/C20H18N6O3/c1-20(27)11-10-13-4-2-3-5-16(13)25(20)19-23-17(21)12-18(24-19)22-14-6-8-15(9-7-14)26(28)29/h2-12,27H,1H3,(H3,21,22,23,24). The summed E-state index contributed by atoms with van der Waals surface area (Å²) in [4.78, 5) is 20.7. The number of para-hydroxylation sites is 1. The molecular formula is C20H18N6O3. The molecule has 0 bridgehead atoms. The molecule has 0 fully saturated rings. The van der Waals surface area contributed by atoms with Crippen molar-refractivity contribution in [1.29, 1.82) is 0 Å². The van der Waals surface area contributed by atoms with Gasteiger partial charge in [-0.1, -0.05) is 24.3 Å². The number of benzene rings is 2. The highest BCUT2D eigenvalue weighted by atomic mass is 16.6. The van der Waals surface area contributed by atoms with Crippen LogP contribution in [0.5, 0.6) is 0 Å². The summed E-state index contributed by atoms with van der Waals surface area (Å²) in [7, 11) is 0. The summed E-state index contributed by atoms with van der Waals surface area (Å²) < 4.78 is 0. The molecule has 1 aromatic heterocycles. The van der Waals surface area contributed by atoms with Crippen molar-refractivity contribution >= 4 is 40.7 Å². The minimum Gasteiger partial charge on any atom is -0.383 e. The first kappa shape index (κ1) is 18.4. The zero-order valence-corrected chi connectivity index (χ0v) is 15.5. The Bertz CT molecular complexity index is 1110. The van der Waals surface area contributed by atoms with Gasteiger partial charge in [0.2, 0.25) is 5.95 Å². The third kappa shape index (κ3) is 3.58. The number of nitrogens with two attached hydrogens (primary N) is 1. The van der Waals surface area contributed by atoms with Crippen LogP contribution in [0.2, 0.25) is 0 Å². The van der Waals surface area contributed by atoms with Gasteiger partial charge >= 0.3 is 0 Å². The summed E-state index contributed by atoms with van der Waals surface area (Å²) in [5.74, 6) is 0.822. The second-order valence-electron chi connectivity index (χ2n) is 6.73. The van der Waals surface area contributed by atoms with Crippen molar-refractivity contribution in [3.05, 3.63) is 76.4 Å².